The minimum atomic E-state index is -0.636. The maximum Gasteiger partial charge on any atom is 0.267 e. The fraction of sp³-hybridized carbons (Fsp3) is 0.320. The lowest BCUT2D eigenvalue weighted by molar-refractivity contribution is -0.124. The van der Waals surface area contributed by atoms with Gasteiger partial charge in [0, 0.05) is 43.4 Å². The van der Waals surface area contributed by atoms with E-state index in [1.165, 1.54) is 23.7 Å². The molecule has 7 heteroatoms. The molecule has 7 nitrogen and oxygen atoms in total. The van der Waals surface area contributed by atoms with E-state index < -0.39 is 5.91 Å². The molecule has 0 saturated carbocycles. The van der Waals surface area contributed by atoms with Crippen LogP contribution >= 0.6 is 0 Å². The van der Waals surface area contributed by atoms with Crippen LogP contribution in [0, 0.1) is 0 Å². The summed E-state index contributed by atoms with van der Waals surface area (Å²) < 4.78 is 0. The first-order chi connectivity index (χ1) is 15.4. The number of nitrogens with zero attached hydrogens (tertiary/aromatic N) is 3. The van der Waals surface area contributed by atoms with E-state index in [1.54, 1.807) is 24.3 Å². The summed E-state index contributed by atoms with van der Waals surface area (Å²) in [4.78, 5) is 33.0. The quantitative estimate of drug-likeness (QED) is 0.302. The molecule has 0 spiro atoms. The number of likely N-dealkylation sites (N-methyl/N-ethyl adjacent to an activating group) is 1. The number of piperazine rings is 1. The van der Waals surface area contributed by atoms with Gasteiger partial charge in [0.15, 0.2) is 5.78 Å². The first kappa shape index (κ1) is 23.5. The standard InChI is InChI=1S/C25H30N4O3/c1-18-15-29(16-19(2)28(18)3)17-20-6-4-7-21(14-20)24(30)12-10-22-8-5-9-23(26-22)11-13-25(31)27-32/h4-14,18-19,32H,15-17H2,1-3H3,(H,27,31)/t18-,19+. The molecule has 0 unspecified atom stereocenters. The fourth-order valence-corrected chi connectivity index (χ4v) is 3.83. The Balaban J connectivity index is 1.65. The minimum Gasteiger partial charge on any atom is -0.298 e. The lowest BCUT2D eigenvalue weighted by Crippen LogP contribution is -2.54. The number of pyridine rings is 1. The van der Waals surface area contributed by atoms with Gasteiger partial charge in [0.1, 0.15) is 0 Å². The zero-order valence-corrected chi connectivity index (χ0v) is 18.7. The van der Waals surface area contributed by atoms with E-state index in [1.807, 2.05) is 18.2 Å². The van der Waals surface area contributed by atoms with Crippen LogP contribution in [-0.2, 0) is 11.3 Å². The first-order valence-corrected chi connectivity index (χ1v) is 10.7. The summed E-state index contributed by atoms with van der Waals surface area (Å²) in [5.74, 6) is -0.724. The van der Waals surface area contributed by atoms with Crippen molar-refractivity contribution in [3.05, 3.63) is 77.1 Å². The number of aromatic nitrogens is 1. The van der Waals surface area contributed by atoms with E-state index in [2.05, 4.69) is 41.7 Å². The molecule has 0 bridgehead atoms. The number of rotatable bonds is 7. The maximum atomic E-state index is 12.7. The van der Waals surface area contributed by atoms with Crippen molar-refractivity contribution in [2.75, 3.05) is 20.1 Å². The van der Waals surface area contributed by atoms with Crippen molar-refractivity contribution in [3.8, 4) is 0 Å². The van der Waals surface area contributed by atoms with Gasteiger partial charge in [-0.25, -0.2) is 10.5 Å². The van der Waals surface area contributed by atoms with Crippen molar-refractivity contribution < 1.29 is 14.8 Å². The molecular formula is C25H30N4O3. The molecule has 0 radical (unpaired) electrons. The van der Waals surface area contributed by atoms with Crippen molar-refractivity contribution in [1.29, 1.82) is 0 Å². The molecule has 1 aliphatic heterocycles. The monoisotopic (exact) mass is 434 g/mol. The third-order valence-electron chi connectivity index (χ3n) is 5.77. The highest BCUT2D eigenvalue weighted by Crippen LogP contribution is 2.17. The van der Waals surface area contributed by atoms with E-state index in [0.29, 0.717) is 29.0 Å². The summed E-state index contributed by atoms with van der Waals surface area (Å²) in [6.07, 6.45) is 5.82. The molecule has 1 fully saturated rings. The van der Waals surface area contributed by atoms with Gasteiger partial charge >= 0.3 is 0 Å². The molecule has 0 aliphatic carbocycles. The van der Waals surface area contributed by atoms with Crippen LogP contribution < -0.4 is 5.48 Å². The second-order valence-corrected chi connectivity index (χ2v) is 8.25. The molecule has 2 heterocycles. The number of nitrogens with one attached hydrogen (secondary N) is 1. The molecule has 168 valence electrons. The Bertz CT molecular complexity index is 1010. The second kappa shape index (κ2) is 10.9. The summed E-state index contributed by atoms with van der Waals surface area (Å²) in [6, 6.07) is 14.1. The lowest BCUT2D eigenvalue weighted by atomic mass is 10.0. The predicted molar refractivity (Wildman–Crippen MR) is 125 cm³/mol. The predicted octanol–water partition coefficient (Wildman–Crippen LogP) is 3.02. The van der Waals surface area contributed by atoms with Crippen LogP contribution in [0.2, 0.25) is 0 Å². The lowest BCUT2D eigenvalue weighted by Gasteiger charge is -2.42. The van der Waals surface area contributed by atoms with Gasteiger partial charge in [0.05, 0.1) is 11.4 Å². The molecule has 2 aromatic rings. The third kappa shape index (κ3) is 6.43. The van der Waals surface area contributed by atoms with Gasteiger partial charge in [-0.05, 0) is 62.9 Å². The average molecular weight is 435 g/mol. The molecule has 1 aromatic heterocycles. The SMILES string of the molecule is C[C@@H]1CN(Cc2cccc(C(=O)C=Cc3cccc(C=CC(=O)NO)n3)c2)C[C@H](C)N1C. The van der Waals surface area contributed by atoms with Gasteiger partial charge in [0.25, 0.3) is 5.91 Å². The summed E-state index contributed by atoms with van der Waals surface area (Å²) in [5.41, 5.74) is 4.44. The number of hydrogen-bond acceptors (Lipinski definition) is 6. The number of hydrogen-bond donors (Lipinski definition) is 2. The number of carbonyl (C=O) groups excluding carboxylic acids is 2. The van der Waals surface area contributed by atoms with Crippen LogP contribution in [-0.4, -0.2) is 63.9 Å². The van der Waals surface area contributed by atoms with Crippen molar-refractivity contribution in [1.82, 2.24) is 20.3 Å². The molecule has 1 aromatic carbocycles. The number of benzene rings is 1. The van der Waals surface area contributed by atoms with Crippen molar-refractivity contribution in [3.63, 3.8) is 0 Å². The molecule has 1 saturated heterocycles. The third-order valence-corrected chi connectivity index (χ3v) is 5.77. The Morgan fingerprint density at radius 2 is 1.69 bits per heavy atom. The highest BCUT2D eigenvalue weighted by atomic mass is 16.5. The summed E-state index contributed by atoms with van der Waals surface area (Å²) in [6.45, 7) is 7.33. The van der Waals surface area contributed by atoms with E-state index in [4.69, 9.17) is 5.21 Å². The van der Waals surface area contributed by atoms with Crippen LogP contribution in [0.25, 0.3) is 12.2 Å². The molecule has 2 atom stereocenters. The van der Waals surface area contributed by atoms with Crippen LogP contribution in [0.1, 0.15) is 41.2 Å². The van der Waals surface area contributed by atoms with Crippen molar-refractivity contribution in [2.24, 2.45) is 0 Å². The van der Waals surface area contributed by atoms with Gasteiger partial charge in [-0.1, -0.05) is 24.3 Å². The van der Waals surface area contributed by atoms with Crippen LogP contribution in [0.5, 0.6) is 0 Å². The summed E-state index contributed by atoms with van der Waals surface area (Å²) in [7, 11) is 2.17. The Morgan fingerprint density at radius 3 is 2.34 bits per heavy atom. The zero-order chi connectivity index (χ0) is 23.1. The first-order valence-electron chi connectivity index (χ1n) is 10.7. The van der Waals surface area contributed by atoms with Crippen molar-refractivity contribution in [2.45, 2.75) is 32.5 Å². The number of allylic oxidation sites excluding steroid dienone is 1. The van der Waals surface area contributed by atoms with E-state index in [9.17, 15) is 9.59 Å². The molecule has 3 rings (SSSR count). The molecular weight excluding hydrogens is 404 g/mol. The van der Waals surface area contributed by atoms with Crippen LogP contribution in [0.15, 0.2) is 54.6 Å². The smallest absolute Gasteiger partial charge is 0.267 e. The van der Waals surface area contributed by atoms with E-state index in [-0.39, 0.29) is 5.78 Å². The Labute approximate surface area is 189 Å². The highest BCUT2D eigenvalue weighted by molar-refractivity contribution is 6.06. The number of ketones is 1. The molecule has 1 amide bonds. The topological polar surface area (TPSA) is 85.8 Å². The molecule has 1 aliphatic rings. The fourth-order valence-electron chi connectivity index (χ4n) is 3.83. The zero-order valence-electron chi connectivity index (χ0n) is 18.7. The van der Waals surface area contributed by atoms with E-state index in [0.717, 1.165) is 25.2 Å². The van der Waals surface area contributed by atoms with Gasteiger partial charge in [-0.15, -0.1) is 0 Å². The number of amides is 1. The average Bonchev–Trinajstić information content (AvgIpc) is 2.79. The number of carbonyl (C=O) groups is 2. The van der Waals surface area contributed by atoms with Gasteiger partial charge in [-0.2, -0.15) is 0 Å². The largest absolute Gasteiger partial charge is 0.298 e. The van der Waals surface area contributed by atoms with Crippen LogP contribution in [0.3, 0.4) is 0 Å². The maximum absolute atomic E-state index is 12.7. The Kier molecular flexibility index (Phi) is 8.05. The Hall–Kier alpha value is -3.13. The Morgan fingerprint density at radius 1 is 1.06 bits per heavy atom. The van der Waals surface area contributed by atoms with E-state index >= 15 is 0 Å². The normalized spacial score (nSPS) is 20.1. The molecule has 32 heavy (non-hydrogen) atoms. The summed E-state index contributed by atoms with van der Waals surface area (Å²) in [5, 5.41) is 8.54. The summed E-state index contributed by atoms with van der Waals surface area (Å²) >= 11 is 0. The van der Waals surface area contributed by atoms with Gasteiger partial charge in [0.2, 0.25) is 0 Å². The second-order valence-electron chi connectivity index (χ2n) is 8.25. The van der Waals surface area contributed by atoms with Crippen molar-refractivity contribution >= 4 is 23.8 Å². The highest BCUT2D eigenvalue weighted by Gasteiger charge is 2.26. The minimum absolute atomic E-state index is 0.0885. The molecule has 2 N–H and O–H groups in total. The van der Waals surface area contributed by atoms with Crippen LogP contribution in [0.4, 0.5) is 0 Å². The van der Waals surface area contributed by atoms with Gasteiger partial charge in [-0.3, -0.25) is 24.6 Å². The van der Waals surface area contributed by atoms with Gasteiger partial charge < -0.3 is 0 Å². The number of hydroxylamine groups is 1.